The number of hydrogen-bond donors (Lipinski definition) is 0. The maximum Gasteiger partial charge on any atom is 0.222 e. The predicted molar refractivity (Wildman–Crippen MR) is 77.6 cm³/mol. The Bertz CT molecular complexity index is 613. The number of halogens is 2. The lowest BCUT2D eigenvalue weighted by Crippen LogP contribution is -2.26. The van der Waals surface area contributed by atoms with Gasteiger partial charge in [-0.2, -0.15) is 0 Å². The van der Waals surface area contributed by atoms with Crippen LogP contribution in [0.5, 0.6) is 0 Å². The van der Waals surface area contributed by atoms with Crippen LogP contribution in [-0.2, 0) is 17.8 Å². The standard InChI is InChI=1S/C17H17F2NO/c1-20(12-14-8-9-15(18)11-16(14)19)17(21)10-7-13-5-3-2-4-6-13/h2-6,8-9,11H,7,10,12H2,1H3. The molecule has 0 radical (unpaired) electrons. The molecule has 2 aromatic rings. The van der Waals surface area contributed by atoms with Gasteiger partial charge in [0, 0.05) is 31.6 Å². The molecule has 110 valence electrons. The van der Waals surface area contributed by atoms with Gasteiger partial charge in [-0.15, -0.1) is 0 Å². The molecular formula is C17H17F2NO. The van der Waals surface area contributed by atoms with Crippen LogP contribution < -0.4 is 0 Å². The van der Waals surface area contributed by atoms with Gasteiger partial charge in [0.25, 0.3) is 0 Å². The lowest BCUT2D eigenvalue weighted by molar-refractivity contribution is -0.130. The van der Waals surface area contributed by atoms with E-state index in [1.54, 1.807) is 7.05 Å². The molecule has 0 bridgehead atoms. The summed E-state index contributed by atoms with van der Waals surface area (Å²) in [5.74, 6) is -1.31. The van der Waals surface area contributed by atoms with Crippen LogP contribution in [0.4, 0.5) is 8.78 Å². The third-order valence-electron chi connectivity index (χ3n) is 3.32. The van der Waals surface area contributed by atoms with Crippen molar-refractivity contribution < 1.29 is 13.6 Å². The van der Waals surface area contributed by atoms with E-state index in [1.165, 1.54) is 17.0 Å². The molecular weight excluding hydrogens is 272 g/mol. The zero-order chi connectivity index (χ0) is 15.2. The lowest BCUT2D eigenvalue weighted by Gasteiger charge is -2.17. The fourth-order valence-electron chi connectivity index (χ4n) is 2.08. The fourth-order valence-corrected chi connectivity index (χ4v) is 2.08. The van der Waals surface area contributed by atoms with Crippen molar-refractivity contribution in [3.05, 3.63) is 71.3 Å². The van der Waals surface area contributed by atoms with Crippen LogP contribution in [0.25, 0.3) is 0 Å². The largest absolute Gasteiger partial charge is 0.341 e. The average Bonchev–Trinajstić information content (AvgIpc) is 2.48. The van der Waals surface area contributed by atoms with Crippen LogP contribution >= 0.6 is 0 Å². The van der Waals surface area contributed by atoms with Crippen molar-refractivity contribution in [3.63, 3.8) is 0 Å². The number of aryl methyl sites for hydroxylation is 1. The second-order valence-corrected chi connectivity index (χ2v) is 4.97. The minimum Gasteiger partial charge on any atom is -0.341 e. The smallest absolute Gasteiger partial charge is 0.222 e. The second-order valence-electron chi connectivity index (χ2n) is 4.97. The molecule has 0 atom stereocenters. The number of hydrogen-bond acceptors (Lipinski definition) is 1. The second kappa shape index (κ2) is 6.97. The Labute approximate surface area is 123 Å². The summed E-state index contributed by atoms with van der Waals surface area (Å²) in [6, 6.07) is 13.1. The first-order valence-corrected chi connectivity index (χ1v) is 6.78. The zero-order valence-corrected chi connectivity index (χ0v) is 11.9. The number of carbonyl (C=O) groups excluding carboxylic acids is 1. The van der Waals surface area contributed by atoms with E-state index in [1.807, 2.05) is 30.3 Å². The Morgan fingerprint density at radius 2 is 1.81 bits per heavy atom. The third-order valence-corrected chi connectivity index (χ3v) is 3.32. The van der Waals surface area contributed by atoms with Crippen LogP contribution in [0.3, 0.4) is 0 Å². The number of nitrogens with zero attached hydrogens (tertiary/aromatic N) is 1. The van der Waals surface area contributed by atoms with Gasteiger partial charge in [0.05, 0.1) is 0 Å². The SMILES string of the molecule is CN(Cc1ccc(F)cc1F)C(=O)CCc1ccccc1. The van der Waals surface area contributed by atoms with Gasteiger partial charge >= 0.3 is 0 Å². The first kappa shape index (κ1) is 15.2. The monoisotopic (exact) mass is 289 g/mol. The van der Waals surface area contributed by atoms with Crippen molar-refractivity contribution in [3.8, 4) is 0 Å². The summed E-state index contributed by atoms with van der Waals surface area (Å²) in [5.41, 5.74) is 1.40. The van der Waals surface area contributed by atoms with E-state index in [4.69, 9.17) is 0 Å². The summed E-state index contributed by atoms with van der Waals surface area (Å²) in [6.07, 6.45) is 1.01. The molecule has 0 fully saturated rings. The number of benzene rings is 2. The molecule has 2 rings (SSSR count). The van der Waals surface area contributed by atoms with Crippen LogP contribution in [0.15, 0.2) is 48.5 Å². The molecule has 0 unspecified atom stereocenters. The van der Waals surface area contributed by atoms with E-state index in [2.05, 4.69) is 0 Å². The lowest BCUT2D eigenvalue weighted by atomic mass is 10.1. The highest BCUT2D eigenvalue weighted by atomic mass is 19.1. The molecule has 0 aliphatic carbocycles. The van der Waals surface area contributed by atoms with Crippen LogP contribution in [0.1, 0.15) is 17.5 Å². The molecule has 2 nitrogen and oxygen atoms in total. The molecule has 0 aliphatic heterocycles. The zero-order valence-electron chi connectivity index (χ0n) is 11.9. The minimum absolute atomic E-state index is 0.0671. The maximum atomic E-state index is 13.5. The van der Waals surface area contributed by atoms with Crippen LogP contribution in [0.2, 0.25) is 0 Å². The Morgan fingerprint density at radius 1 is 1.10 bits per heavy atom. The molecule has 21 heavy (non-hydrogen) atoms. The topological polar surface area (TPSA) is 20.3 Å². The van der Waals surface area contributed by atoms with Crippen molar-refractivity contribution in [1.82, 2.24) is 4.90 Å². The summed E-state index contributed by atoms with van der Waals surface area (Å²) >= 11 is 0. The predicted octanol–water partition coefficient (Wildman–Crippen LogP) is 3.56. The third kappa shape index (κ3) is 4.38. The van der Waals surface area contributed by atoms with Gasteiger partial charge in [0.2, 0.25) is 5.91 Å². The first-order chi connectivity index (χ1) is 10.1. The van der Waals surface area contributed by atoms with Crippen molar-refractivity contribution in [2.75, 3.05) is 7.05 Å². The van der Waals surface area contributed by atoms with Crippen molar-refractivity contribution >= 4 is 5.91 Å². The molecule has 0 spiro atoms. The van der Waals surface area contributed by atoms with Gasteiger partial charge in [-0.1, -0.05) is 36.4 Å². The normalized spacial score (nSPS) is 10.4. The molecule has 4 heteroatoms. The van der Waals surface area contributed by atoms with E-state index in [0.29, 0.717) is 18.4 Å². The summed E-state index contributed by atoms with van der Waals surface area (Å²) in [7, 11) is 1.62. The van der Waals surface area contributed by atoms with Gasteiger partial charge in [-0.3, -0.25) is 4.79 Å². The van der Waals surface area contributed by atoms with Crippen molar-refractivity contribution in [1.29, 1.82) is 0 Å². The summed E-state index contributed by atoms with van der Waals surface area (Å²) < 4.78 is 26.4. The Morgan fingerprint density at radius 3 is 2.48 bits per heavy atom. The van der Waals surface area contributed by atoms with E-state index in [0.717, 1.165) is 11.6 Å². The maximum absolute atomic E-state index is 13.5. The van der Waals surface area contributed by atoms with E-state index in [9.17, 15) is 13.6 Å². The van der Waals surface area contributed by atoms with E-state index < -0.39 is 11.6 Å². The minimum atomic E-state index is -0.627. The molecule has 0 saturated heterocycles. The van der Waals surface area contributed by atoms with Crippen molar-refractivity contribution in [2.24, 2.45) is 0 Å². The molecule has 0 aromatic heterocycles. The fraction of sp³-hybridized carbons (Fsp3) is 0.235. The van der Waals surface area contributed by atoms with Crippen molar-refractivity contribution in [2.45, 2.75) is 19.4 Å². The number of amides is 1. The highest BCUT2D eigenvalue weighted by Gasteiger charge is 2.12. The van der Waals surface area contributed by atoms with E-state index in [-0.39, 0.29) is 12.5 Å². The quantitative estimate of drug-likeness (QED) is 0.824. The summed E-state index contributed by atoms with van der Waals surface area (Å²) in [5, 5.41) is 0. The first-order valence-electron chi connectivity index (χ1n) is 6.78. The molecule has 0 saturated carbocycles. The molecule has 0 heterocycles. The van der Waals surface area contributed by atoms with Crippen LogP contribution in [0, 0.1) is 11.6 Å². The number of rotatable bonds is 5. The number of carbonyl (C=O) groups is 1. The van der Waals surface area contributed by atoms with E-state index >= 15 is 0 Å². The summed E-state index contributed by atoms with van der Waals surface area (Å²) in [4.78, 5) is 13.5. The Hall–Kier alpha value is -2.23. The van der Waals surface area contributed by atoms with Gasteiger partial charge in [0.15, 0.2) is 0 Å². The van der Waals surface area contributed by atoms with Gasteiger partial charge < -0.3 is 4.90 Å². The molecule has 2 aromatic carbocycles. The Kier molecular flexibility index (Phi) is 5.04. The summed E-state index contributed by atoms with van der Waals surface area (Å²) in [6.45, 7) is 0.139. The molecule has 0 aliphatic rings. The molecule has 1 amide bonds. The highest BCUT2D eigenvalue weighted by molar-refractivity contribution is 5.76. The average molecular weight is 289 g/mol. The van der Waals surface area contributed by atoms with Gasteiger partial charge in [0.1, 0.15) is 11.6 Å². The van der Waals surface area contributed by atoms with Crippen LogP contribution in [-0.4, -0.2) is 17.9 Å². The Balaban J connectivity index is 1.90. The molecule has 0 N–H and O–H groups in total. The van der Waals surface area contributed by atoms with Gasteiger partial charge in [-0.25, -0.2) is 8.78 Å². The highest BCUT2D eigenvalue weighted by Crippen LogP contribution is 2.12. The van der Waals surface area contributed by atoms with Gasteiger partial charge in [-0.05, 0) is 18.1 Å².